The first-order valence-electron chi connectivity index (χ1n) is 7.23. The fraction of sp³-hybridized carbons (Fsp3) is 0.667. The standard InChI is InChI=1S/C15H25ClN4O.ClH/c1-9(2)6-15(5,8-17)20-14(21)12-11(16)7-18-13(19-12)10(3)4;/h7,9-10H,6,8,17H2,1-5H3,(H,20,21);1H. The zero-order valence-corrected chi connectivity index (χ0v) is 15.4. The van der Waals surface area contributed by atoms with Crippen LogP contribution in [0.4, 0.5) is 0 Å². The Labute approximate surface area is 143 Å². The van der Waals surface area contributed by atoms with Crippen LogP contribution >= 0.6 is 24.0 Å². The van der Waals surface area contributed by atoms with Crippen molar-refractivity contribution in [2.75, 3.05) is 6.54 Å². The van der Waals surface area contributed by atoms with Crippen LogP contribution in [0.15, 0.2) is 6.20 Å². The molecule has 7 heteroatoms. The normalized spacial score (nSPS) is 13.7. The maximum absolute atomic E-state index is 12.5. The van der Waals surface area contributed by atoms with Crippen LogP contribution in [-0.2, 0) is 0 Å². The van der Waals surface area contributed by atoms with E-state index in [1.54, 1.807) is 0 Å². The van der Waals surface area contributed by atoms with Crippen molar-refractivity contribution in [3.05, 3.63) is 22.7 Å². The summed E-state index contributed by atoms with van der Waals surface area (Å²) < 4.78 is 0. The van der Waals surface area contributed by atoms with E-state index in [-0.39, 0.29) is 34.9 Å². The molecule has 1 rings (SSSR count). The largest absolute Gasteiger partial charge is 0.344 e. The second-order valence-corrected chi connectivity index (χ2v) is 6.80. The molecule has 0 aliphatic rings. The minimum absolute atomic E-state index is 0. The molecule has 0 radical (unpaired) electrons. The van der Waals surface area contributed by atoms with Gasteiger partial charge in [-0.2, -0.15) is 0 Å². The number of amides is 1. The van der Waals surface area contributed by atoms with Crippen molar-refractivity contribution in [2.24, 2.45) is 11.7 Å². The quantitative estimate of drug-likeness (QED) is 0.827. The second-order valence-electron chi connectivity index (χ2n) is 6.40. The predicted octanol–water partition coefficient (Wildman–Crippen LogP) is 3.17. The lowest BCUT2D eigenvalue weighted by atomic mass is 9.90. The van der Waals surface area contributed by atoms with Crippen LogP contribution in [0, 0.1) is 5.92 Å². The molecule has 1 unspecified atom stereocenters. The SMILES string of the molecule is CC(C)CC(C)(CN)NC(=O)c1nc(C(C)C)ncc1Cl.Cl. The van der Waals surface area contributed by atoms with Gasteiger partial charge in [0.2, 0.25) is 0 Å². The third-order valence-corrected chi connectivity index (χ3v) is 3.50. The second kappa shape index (κ2) is 8.65. The summed E-state index contributed by atoms with van der Waals surface area (Å²) in [6.07, 6.45) is 2.26. The number of rotatable bonds is 6. The van der Waals surface area contributed by atoms with E-state index in [1.807, 2.05) is 20.8 Å². The van der Waals surface area contributed by atoms with Crippen LogP contribution < -0.4 is 11.1 Å². The Morgan fingerprint density at radius 2 is 2.00 bits per heavy atom. The Morgan fingerprint density at radius 3 is 2.45 bits per heavy atom. The van der Waals surface area contributed by atoms with Crippen LogP contribution in [0.5, 0.6) is 0 Å². The van der Waals surface area contributed by atoms with Gasteiger partial charge in [-0.05, 0) is 19.3 Å². The Balaban J connectivity index is 0.00000441. The molecule has 22 heavy (non-hydrogen) atoms. The molecule has 126 valence electrons. The van der Waals surface area contributed by atoms with Crippen LogP contribution in [-0.4, -0.2) is 28.0 Å². The number of hydrogen-bond donors (Lipinski definition) is 2. The molecule has 0 fully saturated rings. The lowest BCUT2D eigenvalue weighted by Crippen LogP contribution is -2.52. The first-order valence-corrected chi connectivity index (χ1v) is 7.61. The number of hydrogen-bond acceptors (Lipinski definition) is 4. The van der Waals surface area contributed by atoms with Gasteiger partial charge in [-0.25, -0.2) is 9.97 Å². The van der Waals surface area contributed by atoms with Crippen LogP contribution in [0.1, 0.15) is 63.3 Å². The molecular formula is C15H26Cl2N4O. The van der Waals surface area contributed by atoms with Gasteiger partial charge in [0.1, 0.15) is 11.5 Å². The Morgan fingerprint density at radius 1 is 1.41 bits per heavy atom. The summed E-state index contributed by atoms with van der Waals surface area (Å²) in [6, 6.07) is 0. The molecule has 1 aromatic heterocycles. The molecule has 0 spiro atoms. The number of carbonyl (C=O) groups is 1. The Hall–Kier alpha value is -0.910. The van der Waals surface area contributed by atoms with E-state index < -0.39 is 5.54 Å². The van der Waals surface area contributed by atoms with Crippen molar-refractivity contribution in [2.45, 2.75) is 52.5 Å². The van der Waals surface area contributed by atoms with E-state index in [9.17, 15) is 4.79 Å². The van der Waals surface area contributed by atoms with Crippen molar-refractivity contribution in [1.82, 2.24) is 15.3 Å². The molecule has 5 nitrogen and oxygen atoms in total. The molecule has 0 aliphatic carbocycles. The number of nitrogens with zero attached hydrogens (tertiary/aromatic N) is 2. The van der Waals surface area contributed by atoms with Gasteiger partial charge in [0.05, 0.1) is 16.8 Å². The van der Waals surface area contributed by atoms with Crippen LogP contribution in [0.25, 0.3) is 0 Å². The van der Waals surface area contributed by atoms with E-state index in [0.29, 0.717) is 18.3 Å². The maximum Gasteiger partial charge on any atom is 0.272 e. The van der Waals surface area contributed by atoms with Crippen LogP contribution in [0.3, 0.4) is 0 Å². The number of aromatic nitrogens is 2. The van der Waals surface area contributed by atoms with Crippen molar-refractivity contribution in [1.29, 1.82) is 0 Å². The molecule has 1 aromatic rings. The number of nitrogens with one attached hydrogen (secondary N) is 1. The van der Waals surface area contributed by atoms with Crippen LogP contribution in [0.2, 0.25) is 5.02 Å². The monoisotopic (exact) mass is 348 g/mol. The number of halogens is 2. The van der Waals surface area contributed by atoms with Gasteiger partial charge >= 0.3 is 0 Å². The van der Waals surface area contributed by atoms with Gasteiger partial charge in [0, 0.05) is 12.5 Å². The third-order valence-electron chi connectivity index (χ3n) is 3.22. The predicted molar refractivity (Wildman–Crippen MR) is 92.8 cm³/mol. The fourth-order valence-corrected chi connectivity index (χ4v) is 2.41. The maximum atomic E-state index is 12.5. The molecule has 1 atom stereocenters. The first kappa shape index (κ1) is 21.1. The van der Waals surface area contributed by atoms with E-state index in [2.05, 4.69) is 29.1 Å². The van der Waals surface area contributed by atoms with E-state index in [4.69, 9.17) is 17.3 Å². The van der Waals surface area contributed by atoms with Gasteiger partial charge in [0.15, 0.2) is 0 Å². The zero-order chi connectivity index (χ0) is 16.2. The minimum atomic E-state index is -0.475. The summed E-state index contributed by atoms with van der Waals surface area (Å²) in [4.78, 5) is 20.9. The van der Waals surface area contributed by atoms with E-state index in [1.165, 1.54) is 6.20 Å². The summed E-state index contributed by atoms with van der Waals surface area (Å²) in [5.41, 5.74) is 5.55. The fourth-order valence-electron chi connectivity index (χ4n) is 2.24. The molecule has 0 saturated carbocycles. The lowest BCUT2D eigenvalue weighted by Gasteiger charge is -2.31. The van der Waals surface area contributed by atoms with Crippen molar-refractivity contribution in [3.8, 4) is 0 Å². The summed E-state index contributed by atoms with van der Waals surface area (Å²) in [7, 11) is 0. The summed E-state index contributed by atoms with van der Waals surface area (Å²) in [5, 5.41) is 3.21. The van der Waals surface area contributed by atoms with Crippen molar-refractivity contribution in [3.63, 3.8) is 0 Å². The highest BCUT2D eigenvalue weighted by Gasteiger charge is 2.28. The molecule has 0 saturated heterocycles. The molecule has 0 bridgehead atoms. The average molecular weight is 349 g/mol. The lowest BCUT2D eigenvalue weighted by molar-refractivity contribution is 0.0892. The molecule has 0 aromatic carbocycles. The Bertz CT molecular complexity index is 508. The first-order chi connectivity index (χ1) is 9.68. The van der Waals surface area contributed by atoms with E-state index in [0.717, 1.165) is 6.42 Å². The average Bonchev–Trinajstić information content (AvgIpc) is 2.37. The third kappa shape index (κ3) is 5.71. The highest BCUT2D eigenvalue weighted by molar-refractivity contribution is 6.33. The van der Waals surface area contributed by atoms with E-state index >= 15 is 0 Å². The van der Waals surface area contributed by atoms with Gasteiger partial charge in [0.25, 0.3) is 5.91 Å². The smallest absolute Gasteiger partial charge is 0.272 e. The zero-order valence-electron chi connectivity index (χ0n) is 13.8. The molecule has 1 heterocycles. The van der Waals surface area contributed by atoms with Gasteiger partial charge in [-0.1, -0.05) is 39.3 Å². The molecule has 1 amide bonds. The topological polar surface area (TPSA) is 80.9 Å². The Kier molecular flexibility index (Phi) is 8.29. The van der Waals surface area contributed by atoms with Gasteiger partial charge < -0.3 is 11.1 Å². The number of carbonyl (C=O) groups excluding carboxylic acids is 1. The highest BCUT2D eigenvalue weighted by atomic mass is 35.5. The highest BCUT2D eigenvalue weighted by Crippen LogP contribution is 2.19. The summed E-state index contributed by atoms with van der Waals surface area (Å²) in [6.45, 7) is 10.4. The molecule has 0 aliphatic heterocycles. The summed E-state index contributed by atoms with van der Waals surface area (Å²) in [5.74, 6) is 0.845. The molecule has 3 N–H and O–H groups in total. The van der Waals surface area contributed by atoms with Crippen molar-refractivity contribution < 1.29 is 4.79 Å². The number of nitrogens with two attached hydrogens (primary N) is 1. The summed E-state index contributed by atoms with van der Waals surface area (Å²) >= 11 is 6.06. The van der Waals surface area contributed by atoms with Crippen molar-refractivity contribution >= 4 is 29.9 Å². The molecular weight excluding hydrogens is 323 g/mol. The van der Waals surface area contributed by atoms with Gasteiger partial charge in [-0.15, -0.1) is 12.4 Å². The minimum Gasteiger partial charge on any atom is -0.344 e. The van der Waals surface area contributed by atoms with Gasteiger partial charge in [-0.3, -0.25) is 4.79 Å².